The molecule has 1 amide bonds. The largest absolute Gasteiger partial charge is 0.473 e. The Morgan fingerprint density at radius 3 is 2.04 bits per heavy atom. The number of hydrogen-bond acceptors (Lipinski definition) is 5. The lowest BCUT2D eigenvalue weighted by Gasteiger charge is -2.34. The smallest absolute Gasteiger partial charge is 0.414 e. The maximum absolute atomic E-state index is 12.2. The fourth-order valence-corrected chi connectivity index (χ4v) is 2.78. The minimum absolute atomic E-state index is 0.0108. The average molecular weight is 439 g/mol. The zero-order valence-corrected chi connectivity index (χ0v) is 16.0. The molecule has 0 saturated carbocycles. The minimum Gasteiger partial charge on any atom is -0.473 e. The Kier molecular flexibility index (Phi) is 7.56. The lowest BCUT2D eigenvalue weighted by molar-refractivity contribution is -0.159. The number of piperazine rings is 1. The first-order chi connectivity index (χ1) is 12.9. The van der Waals surface area contributed by atoms with Gasteiger partial charge in [0.15, 0.2) is 5.76 Å². The third-order valence-electron chi connectivity index (χ3n) is 3.89. The molecule has 1 aromatic heterocycles. The van der Waals surface area contributed by atoms with Crippen molar-refractivity contribution < 1.29 is 29.0 Å². The van der Waals surface area contributed by atoms with Gasteiger partial charge in [0.1, 0.15) is 0 Å². The molecule has 2 aromatic rings. The molecule has 3 rings (SSSR count). The highest BCUT2D eigenvalue weighted by Crippen LogP contribution is 2.14. The zero-order valence-electron chi connectivity index (χ0n) is 14.4. The first kappa shape index (κ1) is 20.7. The summed E-state index contributed by atoms with van der Waals surface area (Å²) < 4.78 is 6.27. The summed E-state index contributed by atoms with van der Waals surface area (Å²) >= 11 is 3.45. The quantitative estimate of drug-likeness (QED) is 0.705. The van der Waals surface area contributed by atoms with Gasteiger partial charge in [-0.2, -0.15) is 0 Å². The van der Waals surface area contributed by atoms with E-state index in [4.69, 9.17) is 24.2 Å². The number of aliphatic carboxylic acids is 2. The number of nitrogens with zero attached hydrogens (tertiary/aromatic N) is 2. The van der Waals surface area contributed by atoms with E-state index in [2.05, 4.69) is 45.1 Å². The van der Waals surface area contributed by atoms with Crippen LogP contribution < -0.4 is 0 Å². The van der Waals surface area contributed by atoms with E-state index in [0.717, 1.165) is 37.2 Å². The van der Waals surface area contributed by atoms with Crippen LogP contribution >= 0.6 is 15.9 Å². The van der Waals surface area contributed by atoms with Crippen molar-refractivity contribution in [3.05, 3.63) is 58.5 Å². The number of carboxylic acids is 2. The molecule has 0 bridgehead atoms. The molecular weight excluding hydrogens is 420 g/mol. The molecule has 1 saturated heterocycles. The Morgan fingerprint density at radius 2 is 1.56 bits per heavy atom. The van der Waals surface area contributed by atoms with E-state index in [9.17, 15) is 4.79 Å². The van der Waals surface area contributed by atoms with Crippen LogP contribution in [0.4, 0.5) is 0 Å². The summed E-state index contributed by atoms with van der Waals surface area (Å²) in [6, 6.07) is 11.8. The molecule has 0 radical (unpaired) electrons. The van der Waals surface area contributed by atoms with Crippen molar-refractivity contribution in [2.45, 2.75) is 6.54 Å². The summed E-state index contributed by atoms with van der Waals surface area (Å²) in [4.78, 5) is 34.6. The van der Waals surface area contributed by atoms with E-state index in [0.29, 0.717) is 5.76 Å². The van der Waals surface area contributed by atoms with Crippen LogP contribution in [0.3, 0.4) is 0 Å². The van der Waals surface area contributed by atoms with Gasteiger partial charge in [0.2, 0.25) is 0 Å². The SMILES string of the molecule is O=C(O)C(=O)O.O=C(c1ccco1)N1CCN(Cc2ccc(Br)cc2)CC1. The van der Waals surface area contributed by atoms with Gasteiger partial charge in [-0.05, 0) is 29.8 Å². The maximum atomic E-state index is 12.2. The molecule has 0 spiro atoms. The Morgan fingerprint density at radius 1 is 0.963 bits per heavy atom. The van der Waals surface area contributed by atoms with Crippen LogP contribution in [0.15, 0.2) is 51.6 Å². The van der Waals surface area contributed by atoms with Crippen LogP contribution in [0.25, 0.3) is 0 Å². The normalized spacial score (nSPS) is 14.2. The molecule has 0 aliphatic carbocycles. The lowest BCUT2D eigenvalue weighted by atomic mass is 10.2. The summed E-state index contributed by atoms with van der Waals surface area (Å²) in [5, 5.41) is 14.8. The van der Waals surface area contributed by atoms with E-state index >= 15 is 0 Å². The predicted octanol–water partition coefficient (Wildman–Crippen LogP) is 2.16. The molecule has 1 aliphatic rings. The number of amides is 1. The molecule has 0 atom stereocenters. The van der Waals surface area contributed by atoms with Crippen molar-refractivity contribution in [2.24, 2.45) is 0 Å². The van der Waals surface area contributed by atoms with E-state index in [1.54, 1.807) is 12.1 Å². The number of carbonyl (C=O) groups excluding carboxylic acids is 1. The summed E-state index contributed by atoms with van der Waals surface area (Å²) in [5.41, 5.74) is 1.30. The number of carbonyl (C=O) groups is 3. The molecular formula is C18H19BrN2O6. The predicted molar refractivity (Wildman–Crippen MR) is 99.3 cm³/mol. The number of carboxylic acid groups (broad SMARTS) is 2. The average Bonchev–Trinajstić information content (AvgIpc) is 3.19. The monoisotopic (exact) mass is 438 g/mol. The second kappa shape index (κ2) is 9.89. The van der Waals surface area contributed by atoms with Crippen molar-refractivity contribution >= 4 is 33.8 Å². The number of rotatable bonds is 3. The molecule has 144 valence electrons. The van der Waals surface area contributed by atoms with Crippen molar-refractivity contribution in [1.29, 1.82) is 0 Å². The molecule has 27 heavy (non-hydrogen) atoms. The third-order valence-corrected chi connectivity index (χ3v) is 4.42. The molecule has 2 heterocycles. The van der Waals surface area contributed by atoms with Crippen LogP contribution in [0, 0.1) is 0 Å². The topological polar surface area (TPSA) is 111 Å². The highest BCUT2D eigenvalue weighted by atomic mass is 79.9. The Balaban J connectivity index is 0.000000380. The van der Waals surface area contributed by atoms with Crippen molar-refractivity contribution in [1.82, 2.24) is 9.80 Å². The van der Waals surface area contributed by atoms with E-state index in [1.165, 1.54) is 11.8 Å². The van der Waals surface area contributed by atoms with Crippen LogP contribution in [-0.4, -0.2) is 64.0 Å². The number of furan rings is 1. The number of benzene rings is 1. The highest BCUT2D eigenvalue weighted by molar-refractivity contribution is 9.10. The first-order valence-electron chi connectivity index (χ1n) is 8.12. The van der Waals surface area contributed by atoms with Crippen molar-refractivity contribution in [2.75, 3.05) is 26.2 Å². The summed E-state index contributed by atoms with van der Waals surface area (Å²) in [6.07, 6.45) is 1.54. The minimum atomic E-state index is -1.82. The van der Waals surface area contributed by atoms with Crippen LogP contribution in [0.5, 0.6) is 0 Å². The van der Waals surface area contributed by atoms with Gasteiger partial charge in [0, 0.05) is 37.2 Å². The molecule has 1 fully saturated rings. The van der Waals surface area contributed by atoms with Crippen LogP contribution in [0.2, 0.25) is 0 Å². The Hall–Kier alpha value is -2.65. The molecule has 9 heteroatoms. The standard InChI is InChI=1S/C16H17BrN2O2.C2H2O4/c17-14-5-3-13(4-6-14)12-18-7-9-19(10-8-18)16(20)15-2-1-11-21-15;3-1(4)2(5)6/h1-6,11H,7-10,12H2;(H,3,4)(H,5,6). The second-order valence-electron chi connectivity index (χ2n) is 5.78. The summed E-state index contributed by atoms with van der Waals surface area (Å²) in [6.45, 7) is 4.20. The van der Waals surface area contributed by atoms with Gasteiger partial charge < -0.3 is 19.5 Å². The van der Waals surface area contributed by atoms with Gasteiger partial charge in [0.25, 0.3) is 5.91 Å². The molecule has 2 N–H and O–H groups in total. The summed E-state index contributed by atoms with van der Waals surface area (Å²) in [7, 11) is 0. The van der Waals surface area contributed by atoms with Gasteiger partial charge in [-0.25, -0.2) is 9.59 Å². The van der Waals surface area contributed by atoms with Gasteiger partial charge in [-0.15, -0.1) is 0 Å². The second-order valence-corrected chi connectivity index (χ2v) is 6.70. The van der Waals surface area contributed by atoms with Crippen molar-refractivity contribution in [3.63, 3.8) is 0 Å². The van der Waals surface area contributed by atoms with Gasteiger partial charge in [0.05, 0.1) is 6.26 Å². The molecule has 1 aromatic carbocycles. The van der Waals surface area contributed by atoms with Gasteiger partial charge >= 0.3 is 11.9 Å². The molecule has 8 nitrogen and oxygen atoms in total. The van der Waals surface area contributed by atoms with Crippen LogP contribution in [0.1, 0.15) is 16.1 Å². The fraction of sp³-hybridized carbons (Fsp3) is 0.278. The summed E-state index contributed by atoms with van der Waals surface area (Å²) in [5.74, 6) is -3.23. The fourth-order valence-electron chi connectivity index (χ4n) is 2.51. The number of hydrogen-bond donors (Lipinski definition) is 2. The third kappa shape index (κ3) is 6.54. The van der Waals surface area contributed by atoms with E-state index in [-0.39, 0.29) is 5.91 Å². The van der Waals surface area contributed by atoms with E-state index in [1.807, 2.05) is 4.90 Å². The Labute approximate surface area is 164 Å². The van der Waals surface area contributed by atoms with Crippen LogP contribution in [-0.2, 0) is 16.1 Å². The Bertz CT molecular complexity index is 756. The molecule has 0 unspecified atom stereocenters. The zero-order chi connectivity index (χ0) is 19.8. The van der Waals surface area contributed by atoms with Crippen molar-refractivity contribution in [3.8, 4) is 0 Å². The van der Waals surface area contributed by atoms with E-state index < -0.39 is 11.9 Å². The van der Waals surface area contributed by atoms with Gasteiger partial charge in [-0.3, -0.25) is 9.69 Å². The first-order valence-corrected chi connectivity index (χ1v) is 8.92. The molecule has 1 aliphatic heterocycles. The maximum Gasteiger partial charge on any atom is 0.414 e. The highest BCUT2D eigenvalue weighted by Gasteiger charge is 2.23. The van der Waals surface area contributed by atoms with Gasteiger partial charge in [-0.1, -0.05) is 28.1 Å². The lowest BCUT2D eigenvalue weighted by Crippen LogP contribution is -2.48. The number of halogens is 1.